The number of para-hydroxylation sites is 1. The van der Waals surface area contributed by atoms with Crippen LogP contribution in [0.15, 0.2) is 42.5 Å². The molecule has 26 heavy (non-hydrogen) atoms. The van der Waals surface area contributed by atoms with Crippen molar-refractivity contribution >= 4 is 23.2 Å². The summed E-state index contributed by atoms with van der Waals surface area (Å²) in [4.78, 5) is 36.7. The van der Waals surface area contributed by atoms with Gasteiger partial charge in [0.15, 0.2) is 5.78 Å². The number of carbonyl (C=O) groups excluding carboxylic acids is 3. The summed E-state index contributed by atoms with van der Waals surface area (Å²) >= 11 is 0. The highest BCUT2D eigenvalue weighted by Crippen LogP contribution is 2.20. The topological polar surface area (TPSA) is 83.5 Å². The van der Waals surface area contributed by atoms with Gasteiger partial charge in [-0.05, 0) is 56.2 Å². The van der Waals surface area contributed by atoms with E-state index in [-0.39, 0.29) is 36.1 Å². The molecule has 1 atom stereocenters. The van der Waals surface area contributed by atoms with Crippen molar-refractivity contribution in [2.75, 3.05) is 5.32 Å². The van der Waals surface area contributed by atoms with Crippen LogP contribution in [0.3, 0.4) is 0 Å². The lowest BCUT2D eigenvalue weighted by Crippen LogP contribution is -2.23. The summed E-state index contributed by atoms with van der Waals surface area (Å²) in [6.07, 6.45) is 0.0293. The number of phenols is 1. The van der Waals surface area contributed by atoms with Gasteiger partial charge in [-0.25, -0.2) is 0 Å². The summed E-state index contributed by atoms with van der Waals surface area (Å²) in [5.74, 6) is -1.61. The van der Waals surface area contributed by atoms with Gasteiger partial charge in [-0.1, -0.05) is 18.2 Å². The highest BCUT2D eigenvalue weighted by Gasteiger charge is 2.23. The van der Waals surface area contributed by atoms with Gasteiger partial charge in [0.25, 0.3) is 0 Å². The van der Waals surface area contributed by atoms with Crippen LogP contribution >= 0.6 is 0 Å². The van der Waals surface area contributed by atoms with Crippen LogP contribution < -0.4 is 5.32 Å². The second-order valence-corrected chi connectivity index (χ2v) is 6.41. The molecule has 2 aromatic carbocycles. The normalized spacial score (nSPS) is 11.7. The predicted molar refractivity (Wildman–Crippen MR) is 100 cm³/mol. The molecule has 1 unspecified atom stereocenters. The summed E-state index contributed by atoms with van der Waals surface area (Å²) in [6, 6.07) is 11.5. The van der Waals surface area contributed by atoms with Crippen LogP contribution in [0.2, 0.25) is 0 Å². The Kier molecular flexibility index (Phi) is 6.28. The average Bonchev–Trinajstić information content (AvgIpc) is 2.62. The fourth-order valence-electron chi connectivity index (χ4n) is 2.69. The second-order valence-electron chi connectivity index (χ2n) is 6.41. The number of anilines is 1. The number of carbonyl (C=O) groups is 3. The van der Waals surface area contributed by atoms with E-state index < -0.39 is 5.92 Å². The van der Waals surface area contributed by atoms with Gasteiger partial charge in [-0.15, -0.1) is 0 Å². The zero-order valence-electron chi connectivity index (χ0n) is 15.2. The van der Waals surface area contributed by atoms with Crippen molar-refractivity contribution in [1.29, 1.82) is 0 Å². The number of aromatic hydroxyl groups is 1. The molecule has 1 amide bonds. The highest BCUT2D eigenvalue weighted by atomic mass is 16.3. The summed E-state index contributed by atoms with van der Waals surface area (Å²) < 4.78 is 0. The number of aryl methyl sites for hydroxylation is 2. The van der Waals surface area contributed by atoms with Crippen LogP contribution in [0.25, 0.3) is 0 Å². The Hall–Kier alpha value is -2.95. The molecular weight excluding hydrogens is 330 g/mol. The summed E-state index contributed by atoms with van der Waals surface area (Å²) in [6.45, 7) is 5.36. The zero-order valence-corrected chi connectivity index (χ0v) is 15.2. The molecule has 136 valence electrons. The largest absolute Gasteiger partial charge is 0.508 e. The molecular formula is C21H23NO4. The Morgan fingerprint density at radius 2 is 1.54 bits per heavy atom. The Bertz CT molecular complexity index is 804. The first-order valence-corrected chi connectivity index (χ1v) is 8.51. The van der Waals surface area contributed by atoms with Gasteiger partial charge in [0.2, 0.25) is 5.91 Å². The molecule has 5 nitrogen and oxygen atoms in total. The van der Waals surface area contributed by atoms with Gasteiger partial charge in [0.1, 0.15) is 11.5 Å². The SMILES string of the molecule is Cc1cccc(C)c1NC(=O)CCC(=O)C(C)C(=O)c1ccc(O)cc1. The third kappa shape index (κ3) is 4.79. The molecule has 0 heterocycles. The molecule has 0 aliphatic heterocycles. The van der Waals surface area contributed by atoms with E-state index in [9.17, 15) is 19.5 Å². The lowest BCUT2D eigenvalue weighted by molar-refractivity contribution is -0.124. The van der Waals surface area contributed by atoms with E-state index >= 15 is 0 Å². The number of ketones is 2. The first-order valence-electron chi connectivity index (χ1n) is 8.51. The number of nitrogens with one attached hydrogen (secondary N) is 1. The lowest BCUT2D eigenvalue weighted by atomic mass is 9.93. The fourth-order valence-corrected chi connectivity index (χ4v) is 2.69. The quantitative estimate of drug-likeness (QED) is 0.585. The van der Waals surface area contributed by atoms with Crippen molar-refractivity contribution in [1.82, 2.24) is 0 Å². The number of hydrogen-bond acceptors (Lipinski definition) is 4. The minimum atomic E-state index is -0.826. The molecule has 0 spiro atoms. The maximum Gasteiger partial charge on any atom is 0.224 e. The molecule has 2 N–H and O–H groups in total. The highest BCUT2D eigenvalue weighted by molar-refractivity contribution is 6.11. The van der Waals surface area contributed by atoms with E-state index in [4.69, 9.17) is 0 Å². The summed E-state index contributed by atoms with van der Waals surface area (Å²) in [5.41, 5.74) is 3.04. The Balaban J connectivity index is 1.92. The Labute approximate surface area is 153 Å². The molecule has 0 aliphatic carbocycles. The zero-order chi connectivity index (χ0) is 19.3. The molecule has 0 aromatic heterocycles. The molecule has 0 fully saturated rings. The van der Waals surface area contributed by atoms with E-state index in [0.29, 0.717) is 5.56 Å². The van der Waals surface area contributed by atoms with Crippen molar-refractivity contribution in [3.05, 3.63) is 59.2 Å². The standard InChI is InChI=1S/C21H23NO4/c1-13-5-4-6-14(2)20(13)22-19(25)12-11-18(24)15(3)21(26)16-7-9-17(23)10-8-16/h4-10,15,23H,11-12H2,1-3H3,(H,22,25). The average molecular weight is 353 g/mol. The number of benzene rings is 2. The monoisotopic (exact) mass is 353 g/mol. The molecule has 5 heteroatoms. The van der Waals surface area contributed by atoms with E-state index in [1.165, 1.54) is 24.3 Å². The molecule has 0 radical (unpaired) electrons. The first kappa shape index (κ1) is 19.4. The maximum atomic E-state index is 12.3. The van der Waals surface area contributed by atoms with Crippen LogP contribution in [0.5, 0.6) is 5.75 Å². The summed E-state index contributed by atoms with van der Waals surface area (Å²) in [7, 11) is 0. The van der Waals surface area contributed by atoms with Gasteiger partial charge >= 0.3 is 0 Å². The molecule has 0 saturated carbocycles. The molecule has 2 aromatic rings. The molecule has 0 bridgehead atoms. The van der Waals surface area contributed by atoms with E-state index in [1.807, 2.05) is 32.0 Å². The van der Waals surface area contributed by atoms with Crippen LogP contribution in [0.1, 0.15) is 41.3 Å². The molecule has 0 aliphatic rings. The van der Waals surface area contributed by atoms with E-state index in [1.54, 1.807) is 6.92 Å². The van der Waals surface area contributed by atoms with Crippen LogP contribution in [0.4, 0.5) is 5.69 Å². The van der Waals surface area contributed by atoms with Gasteiger partial charge < -0.3 is 10.4 Å². The van der Waals surface area contributed by atoms with Gasteiger partial charge in [-0.3, -0.25) is 14.4 Å². The number of Topliss-reactive ketones (excluding diaryl/α,β-unsaturated/α-hetero) is 2. The fraction of sp³-hybridized carbons (Fsp3) is 0.286. The van der Waals surface area contributed by atoms with Crippen molar-refractivity contribution < 1.29 is 19.5 Å². The number of phenolic OH excluding ortho intramolecular Hbond substituents is 1. The van der Waals surface area contributed by atoms with Crippen molar-refractivity contribution in [2.24, 2.45) is 5.92 Å². The smallest absolute Gasteiger partial charge is 0.224 e. The van der Waals surface area contributed by atoms with Crippen LogP contribution in [0, 0.1) is 19.8 Å². The van der Waals surface area contributed by atoms with E-state index in [0.717, 1.165) is 16.8 Å². The third-order valence-electron chi connectivity index (χ3n) is 4.37. The minimum Gasteiger partial charge on any atom is -0.508 e. The van der Waals surface area contributed by atoms with Crippen molar-refractivity contribution in [2.45, 2.75) is 33.6 Å². The molecule has 2 rings (SSSR count). The van der Waals surface area contributed by atoms with Crippen LogP contribution in [-0.4, -0.2) is 22.6 Å². The Morgan fingerprint density at radius 3 is 2.12 bits per heavy atom. The first-order chi connectivity index (χ1) is 12.3. The third-order valence-corrected chi connectivity index (χ3v) is 4.37. The van der Waals surface area contributed by atoms with Gasteiger partial charge in [-0.2, -0.15) is 0 Å². The van der Waals surface area contributed by atoms with Gasteiger partial charge in [0.05, 0.1) is 5.92 Å². The van der Waals surface area contributed by atoms with E-state index in [2.05, 4.69) is 5.32 Å². The van der Waals surface area contributed by atoms with Crippen molar-refractivity contribution in [3.63, 3.8) is 0 Å². The minimum absolute atomic E-state index is 0.00174. The maximum absolute atomic E-state index is 12.3. The summed E-state index contributed by atoms with van der Waals surface area (Å²) in [5, 5.41) is 12.1. The second kappa shape index (κ2) is 8.43. The van der Waals surface area contributed by atoms with Crippen LogP contribution in [-0.2, 0) is 9.59 Å². The molecule has 0 saturated heterocycles. The lowest BCUT2D eigenvalue weighted by Gasteiger charge is -2.12. The van der Waals surface area contributed by atoms with Crippen molar-refractivity contribution in [3.8, 4) is 5.75 Å². The Morgan fingerprint density at radius 1 is 0.962 bits per heavy atom. The van der Waals surface area contributed by atoms with Gasteiger partial charge in [0, 0.05) is 24.1 Å². The number of amides is 1. The predicted octanol–water partition coefficient (Wildman–Crippen LogP) is 3.82. The number of rotatable bonds is 7. The number of hydrogen-bond donors (Lipinski definition) is 2.